The minimum atomic E-state index is -0.179. The van der Waals surface area contributed by atoms with Gasteiger partial charge in [0.2, 0.25) is 5.91 Å². The van der Waals surface area contributed by atoms with E-state index in [-0.39, 0.29) is 5.91 Å². The van der Waals surface area contributed by atoms with Gasteiger partial charge < -0.3 is 5.32 Å². The summed E-state index contributed by atoms with van der Waals surface area (Å²) in [5, 5.41) is 12.2. The molecule has 4 rings (SSSR count). The standard InChI is InChI=1S/C26H26N4O/c1-3-4-8-21-11-14-22(15-12-21)30-28-24-17-19(2)23(18-25(24)29-30)27-26(31)16-13-20-9-6-5-7-10-20/h5-7,9-18H,3-4,8H2,1-2H3,(H,27,31)/b16-13+. The van der Waals surface area contributed by atoms with E-state index in [0.29, 0.717) is 0 Å². The molecule has 0 unspecified atom stereocenters. The van der Waals surface area contributed by atoms with Crippen molar-refractivity contribution in [3.63, 3.8) is 0 Å². The van der Waals surface area contributed by atoms with Crippen molar-refractivity contribution in [3.05, 3.63) is 89.5 Å². The molecule has 0 bridgehead atoms. The van der Waals surface area contributed by atoms with Crippen LogP contribution in [0.3, 0.4) is 0 Å². The molecule has 0 atom stereocenters. The molecular formula is C26H26N4O. The van der Waals surface area contributed by atoms with Crippen molar-refractivity contribution in [3.8, 4) is 5.69 Å². The number of hydrogen-bond donors (Lipinski definition) is 1. The summed E-state index contributed by atoms with van der Waals surface area (Å²) >= 11 is 0. The maximum absolute atomic E-state index is 12.4. The molecule has 0 aliphatic heterocycles. The summed E-state index contributed by atoms with van der Waals surface area (Å²) in [5.41, 5.74) is 6.44. The summed E-state index contributed by atoms with van der Waals surface area (Å²) in [4.78, 5) is 14.0. The van der Waals surface area contributed by atoms with Crippen molar-refractivity contribution in [2.75, 3.05) is 5.32 Å². The largest absolute Gasteiger partial charge is 0.322 e. The number of aryl methyl sites for hydroxylation is 2. The SMILES string of the molecule is CCCCc1ccc(-n2nc3cc(C)c(NC(=O)/C=C/c4ccccc4)cc3n2)cc1. The van der Waals surface area contributed by atoms with E-state index in [1.165, 1.54) is 24.5 Å². The Morgan fingerprint density at radius 3 is 2.42 bits per heavy atom. The van der Waals surface area contributed by atoms with Crippen molar-refractivity contribution in [1.82, 2.24) is 15.0 Å². The van der Waals surface area contributed by atoms with Crippen LogP contribution in [0.1, 0.15) is 36.5 Å². The first-order valence-corrected chi connectivity index (χ1v) is 10.6. The molecule has 3 aromatic carbocycles. The van der Waals surface area contributed by atoms with Crippen LogP contribution in [0, 0.1) is 6.92 Å². The van der Waals surface area contributed by atoms with Crippen LogP contribution < -0.4 is 5.32 Å². The van der Waals surface area contributed by atoms with Gasteiger partial charge in [-0.15, -0.1) is 10.2 Å². The number of nitrogens with one attached hydrogen (secondary N) is 1. The van der Waals surface area contributed by atoms with Crippen LogP contribution in [0.15, 0.2) is 72.8 Å². The Balaban J connectivity index is 1.52. The molecule has 1 N–H and O–H groups in total. The smallest absolute Gasteiger partial charge is 0.248 e. The summed E-state index contributed by atoms with van der Waals surface area (Å²) in [6.07, 6.45) is 6.80. The fraction of sp³-hybridized carbons (Fsp3) is 0.192. The van der Waals surface area contributed by atoms with E-state index < -0.39 is 0 Å². The highest BCUT2D eigenvalue weighted by Gasteiger charge is 2.10. The second kappa shape index (κ2) is 9.39. The fourth-order valence-electron chi connectivity index (χ4n) is 3.41. The predicted octanol–water partition coefficient (Wildman–Crippen LogP) is 5.72. The maximum atomic E-state index is 12.4. The molecule has 0 spiro atoms. The zero-order valence-electron chi connectivity index (χ0n) is 17.9. The molecule has 156 valence electrons. The molecule has 0 radical (unpaired) electrons. The molecule has 1 aromatic heterocycles. The van der Waals surface area contributed by atoms with Gasteiger partial charge in [0.1, 0.15) is 11.0 Å². The minimum absolute atomic E-state index is 0.179. The van der Waals surface area contributed by atoms with Crippen LogP contribution in [0.5, 0.6) is 0 Å². The monoisotopic (exact) mass is 410 g/mol. The number of hydrogen-bond acceptors (Lipinski definition) is 3. The van der Waals surface area contributed by atoms with Crippen LogP contribution in [0.4, 0.5) is 5.69 Å². The zero-order chi connectivity index (χ0) is 21.6. The van der Waals surface area contributed by atoms with E-state index in [1.54, 1.807) is 10.9 Å². The number of nitrogens with zero attached hydrogens (tertiary/aromatic N) is 3. The van der Waals surface area contributed by atoms with Crippen molar-refractivity contribution < 1.29 is 4.79 Å². The average molecular weight is 411 g/mol. The number of carbonyl (C=O) groups excluding carboxylic acids is 1. The molecule has 5 heteroatoms. The summed E-state index contributed by atoms with van der Waals surface area (Å²) in [7, 11) is 0. The summed E-state index contributed by atoms with van der Waals surface area (Å²) < 4.78 is 0. The van der Waals surface area contributed by atoms with Gasteiger partial charge in [0.05, 0.1) is 5.69 Å². The number of unbranched alkanes of at least 4 members (excludes halogenated alkanes) is 1. The van der Waals surface area contributed by atoms with E-state index in [4.69, 9.17) is 0 Å². The van der Waals surface area contributed by atoms with Crippen molar-refractivity contribution >= 4 is 28.7 Å². The van der Waals surface area contributed by atoms with E-state index in [9.17, 15) is 4.79 Å². The molecule has 31 heavy (non-hydrogen) atoms. The average Bonchev–Trinajstić information content (AvgIpc) is 3.20. The van der Waals surface area contributed by atoms with Gasteiger partial charge in [-0.2, -0.15) is 4.80 Å². The normalized spacial score (nSPS) is 11.3. The van der Waals surface area contributed by atoms with Crippen LogP contribution in [0.25, 0.3) is 22.8 Å². The number of fused-ring (bicyclic) bond motifs is 1. The first kappa shape index (κ1) is 20.5. The number of aromatic nitrogens is 3. The lowest BCUT2D eigenvalue weighted by Gasteiger charge is -2.05. The third kappa shape index (κ3) is 5.07. The zero-order valence-corrected chi connectivity index (χ0v) is 17.9. The molecule has 1 heterocycles. The first-order valence-electron chi connectivity index (χ1n) is 10.6. The van der Waals surface area contributed by atoms with Crippen LogP contribution in [0.2, 0.25) is 0 Å². The second-order valence-electron chi connectivity index (χ2n) is 7.65. The molecule has 1 amide bonds. The first-order chi connectivity index (χ1) is 15.1. The number of anilines is 1. The van der Waals surface area contributed by atoms with Gasteiger partial charge in [-0.05, 0) is 66.8 Å². The highest BCUT2D eigenvalue weighted by molar-refractivity contribution is 6.03. The lowest BCUT2D eigenvalue weighted by molar-refractivity contribution is -0.111. The topological polar surface area (TPSA) is 59.8 Å². The quantitative estimate of drug-likeness (QED) is 0.396. The Morgan fingerprint density at radius 2 is 1.71 bits per heavy atom. The second-order valence-corrected chi connectivity index (χ2v) is 7.65. The van der Waals surface area contributed by atoms with Gasteiger partial charge in [-0.3, -0.25) is 4.79 Å². The van der Waals surface area contributed by atoms with E-state index >= 15 is 0 Å². The van der Waals surface area contributed by atoms with Crippen molar-refractivity contribution in [1.29, 1.82) is 0 Å². The molecule has 4 aromatic rings. The Hall–Kier alpha value is -3.73. The minimum Gasteiger partial charge on any atom is -0.322 e. The lowest BCUT2D eigenvalue weighted by atomic mass is 10.1. The van der Waals surface area contributed by atoms with Gasteiger partial charge in [-0.25, -0.2) is 0 Å². The molecule has 0 fully saturated rings. The maximum Gasteiger partial charge on any atom is 0.248 e. The Bertz CT molecular complexity index is 1210. The van der Waals surface area contributed by atoms with Crippen molar-refractivity contribution in [2.45, 2.75) is 33.1 Å². The summed E-state index contributed by atoms with van der Waals surface area (Å²) in [6, 6.07) is 21.9. The number of amides is 1. The van der Waals surface area contributed by atoms with Crippen LogP contribution in [-0.4, -0.2) is 20.9 Å². The number of benzene rings is 3. The molecule has 5 nitrogen and oxygen atoms in total. The molecular weight excluding hydrogens is 384 g/mol. The van der Waals surface area contributed by atoms with Gasteiger partial charge in [0, 0.05) is 11.8 Å². The van der Waals surface area contributed by atoms with Crippen LogP contribution >= 0.6 is 0 Å². The summed E-state index contributed by atoms with van der Waals surface area (Å²) in [6.45, 7) is 4.16. The number of rotatable bonds is 7. The van der Waals surface area contributed by atoms with Crippen LogP contribution in [-0.2, 0) is 11.2 Å². The molecule has 0 saturated heterocycles. The Morgan fingerprint density at radius 1 is 1.00 bits per heavy atom. The molecule has 0 aliphatic carbocycles. The van der Waals surface area contributed by atoms with Crippen molar-refractivity contribution in [2.24, 2.45) is 0 Å². The van der Waals surface area contributed by atoms with Gasteiger partial charge >= 0.3 is 0 Å². The highest BCUT2D eigenvalue weighted by Crippen LogP contribution is 2.22. The highest BCUT2D eigenvalue weighted by atomic mass is 16.1. The lowest BCUT2D eigenvalue weighted by Crippen LogP contribution is -2.08. The van der Waals surface area contributed by atoms with Gasteiger partial charge in [0.15, 0.2) is 0 Å². The van der Waals surface area contributed by atoms with E-state index in [2.05, 4.69) is 34.6 Å². The number of carbonyl (C=O) groups is 1. The predicted molar refractivity (Wildman–Crippen MR) is 126 cm³/mol. The fourth-order valence-corrected chi connectivity index (χ4v) is 3.41. The van der Waals surface area contributed by atoms with E-state index in [0.717, 1.165) is 40.0 Å². The Labute approximate surface area is 182 Å². The third-order valence-electron chi connectivity index (χ3n) is 5.20. The molecule has 0 aliphatic rings. The molecule has 0 saturated carbocycles. The van der Waals surface area contributed by atoms with Gasteiger partial charge in [0.25, 0.3) is 0 Å². The van der Waals surface area contributed by atoms with E-state index in [1.807, 2.05) is 61.5 Å². The third-order valence-corrected chi connectivity index (χ3v) is 5.20. The Kier molecular flexibility index (Phi) is 6.22. The summed E-state index contributed by atoms with van der Waals surface area (Å²) in [5.74, 6) is -0.179. The van der Waals surface area contributed by atoms with Gasteiger partial charge in [-0.1, -0.05) is 55.8 Å².